The van der Waals surface area contributed by atoms with Crippen LogP contribution in [0.25, 0.3) is 0 Å². The van der Waals surface area contributed by atoms with Crippen molar-refractivity contribution in [3.8, 4) is 0 Å². The van der Waals surface area contributed by atoms with E-state index in [1.807, 2.05) is 0 Å². The zero-order chi connectivity index (χ0) is 11.9. The number of ether oxygens (including phenoxy) is 1. The average Bonchev–Trinajstić information content (AvgIpc) is 2.23. The van der Waals surface area contributed by atoms with Crippen LogP contribution in [0, 0.1) is 0 Å². The molecule has 2 atom stereocenters. The minimum Gasteiger partial charge on any atom is -0.375 e. The lowest BCUT2D eigenvalue weighted by Crippen LogP contribution is -2.38. The summed E-state index contributed by atoms with van der Waals surface area (Å²) in [5.74, 6) is -3.13. The molecule has 16 heavy (non-hydrogen) atoms. The third-order valence-corrected chi connectivity index (χ3v) is 3.31. The van der Waals surface area contributed by atoms with Gasteiger partial charge in [-0.2, -0.15) is 8.78 Å². The normalized spacial score (nSPS) is 27.6. The van der Waals surface area contributed by atoms with Gasteiger partial charge in [0.15, 0.2) is 0 Å². The second-order valence-corrected chi connectivity index (χ2v) is 4.70. The van der Waals surface area contributed by atoms with Gasteiger partial charge in [-0.05, 0) is 17.7 Å². The second-order valence-electron chi connectivity index (χ2n) is 3.78. The Kier molecular flexibility index (Phi) is 3.01. The SMILES string of the molecule is COC1CC(F)c2cc(Br)ccc2C1(F)F. The molecule has 5 heteroatoms. The molecule has 1 aliphatic rings. The van der Waals surface area contributed by atoms with Gasteiger partial charge in [0.1, 0.15) is 12.3 Å². The molecule has 0 saturated heterocycles. The van der Waals surface area contributed by atoms with E-state index in [1.165, 1.54) is 25.3 Å². The molecule has 0 bridgehead atoms. The predicted octanol–water partition coefficient (Wildman–Crippen LogP) is 3.97. The Morgan fingerprint density at radius 2 is 2.12 bits per heavy atom. The van der Waals surface area contributed by atoms with Gasteiger partial charge >= 0.3 is 0 Å². The summed E-state index contributed by atoms with van der Waals surface area (Å²) in [5, 5.41) is 0. The molecule has 0 heterocycles. The van der Waals surface area contributed by atoms with Crippen molar-refractivity contribution in [1.29, 1.82) is 0 Å². The fourth-order valence-electron chi connectivity index (χ4n) is 1.98. The molecule has 0 amide bonds. The Morgan fingerprint density at radius 1 is 1.44 bits per heavy atom. The number of halogens is 4. The average molecular weight is 295 g/mol. The number of methoxy groups -OCH3 is 1. The van der Waals surface area contributed by atoms with Gasteiger partial charge in [0.25, 0.3) is 5.92 Å². The van der Waals surface area contributed by atoms with Gasteiger partial charge in [-0.15, -0.1) is 0 Å². The highest BCUT2D eigenvalue weighted by Gasteiger charge is 2.49. The van der Waals surface area contributed by atoms with E-state index in [4.69, 9.17) is 0 Å². The first-order chi connectivity index (χ1) is 7.46. The van der Waals surface area contributed by atoms with Crippen LogP contribution in [0.5, 0.6) is 0 Å². The number of hydrogen-bond acceptors (Lipinski definition) is 1. The van der Waals surface area contributed by atoms with Crippen molar-refractivity contribution in [3.63, 3.8) is 0 Å². The van der Waals surface area contributed by atoms with Gasteiger partial charge in [-0.3, -0.25) is 0 Å². The molecule has 1 aromatic rings. The van der Waals surface area contributed by atoms with Crippen molar-refractivity contribution in [2.24, 2.45) is 0 Å². The van der Waals surface area contributed by atoms with E-state index in [0.29, 0.717) is 4.47 Å². The molecule has 2 rings (SSSR count). The van der Waals surface area contributed by atoms with Crippen molar-refractivity contribution in [2.75, 3.05) is 7.11 Å². The van der Waals surface area contributed by atoms with Gasteiger partial charge in [0.05, 0.1) is 0 Å². The zero-order valence-corrected chi connectivity index (χ0v) is 10.1. The summed E-state index contributed by atoms with van der Waals surface area (Å²) in [4.78, 5) is 0. The van der Waals surface area contributed by atoms with Gasteiger partial charge in [0.2, 0.25) is 0 Å². The maximum atomic E-state index is 13.9. The fraction of sp³-hybridized carbons (Fsp3) is 0.455. The minimum absolute atomic E-state index is 0.0488. The standard InChI is InChI=1S/C11H10BrF3O/c1-16-10-5-9(13)7-4-6(12)2-3-8(7)11(10,14)15/h2-4,9-10H,5H2,1H3. The number of alkyl halides is 3. The highest BCUT2D eigenvalue weighted by molar-refractivity contribution is 9.10. The summed E-state index contributed by atoms with van der Waals surface area (Å²) in [6.45, 7) is 0. The molecular weight excluding hydrogens is 285 g/mol. The first-order valence-corrected chi connectivity index (χ1v) is 5.60. The van der Waals surface area contributed by atoms with E-state index in [9.17, 15) is 13.2 Å². The summed E-state index contributed by atoms with van der Waals surface area (Å²) in [5.41, 5.74) is -0.228. The van der Waals surface area contributed by atoms with Crippen LogP contribution in [0.3, 0.4) is 0 Å². The van der Waals surface area contributed by atoms with E-state index in [-0.39, 0.29) is 17.5 Å². The molecule has 0 aliphatic heterocycles. The lowest BCUT2D eigenvalue weighted by molar-refractivity contribution is -0.148. The topological polar surface area (TPSA) is 9.23 Å². The maximum absolute atomic E-state index is 13.9. The summed E-state index contributed by atoms with van der Waals surface area (Å²) in [6, 6.07) is 4.13. The van der Waals surface area contributed by atoms with Crippen molar-refractivity contribution >= 4 is 15.9 Å². The summed E-state index contributed by atoms with van der Waals surface area (Å²) < 4.78 is 46.7. The summed E-state index contributed by atoms with van der Waals surface area (Å²) in [6.07, 6.45) is -3.11. The van der Waals surface area contributed by atoms with E-state index >= 15 is 0 Å². The fourth-order valence-corrected chi connectivity index (χ4v) is 2.36. The number of rotatable bonds is 1. The van der Waals surface area contributed by atoms with Crippen LogP contribution < -0.4 is 0 Å². The van der Waals surface area contributed by atoms with Crippen molar-refractivity contribution in [2.45, 2.75) is 24.6 Å². The van der Waals surface area contributed by atoms with Crippen LogP contribution >= 0.6 is 15.9 Å². The highest BCUT2D eigenvalue weighted by atomic mass is 79.9. The van der Waals surface area contributed by atoms with E-state index < -0.39 is 18.2 Å². The molecular formula is C11H10BrF3O. The summed E-state index contributed by atoms with van der Waals surface area (Å²) >= 11 is 3.14. The maximum Gasteiger partial charge on any atom is 0.299 e. The number of benzene rings is 1. The molecule has 0 aromatic heterocycles. The molecule has 0 N–H and O–H groups in total. The van der Waals surface area contributed by atoms with Crippen molar-refractivity contribution in [3.05, 3.63) is 33.8 Å². The molecule has 0 fully saturated rings. The van der Waals surface area contributed by atoms with Gasteiger partial charge < -0.3 is 4.74 Å². The van der Waals surface area contributed by atoms with Crippen molar-refractivity contribution in [1.82, 2.24) is 0 Å². The van der Waals surface area contributed by atoms with E-state index in [0.717, 1.165) is 0 Å². The Balaban J connectivity index is 2.55. The largest absolute Gasteiger partial charge is 0.375 e. The molecule has 1 aliphatic carbocycles. The Hall–Kier alpha value is -0.550. The molecule has 0 saturated carbocycles. The Labute approximate surface area is 99.7 Å². The van der Waals surface area contributed by atoms with Crippen LogP contribution in [0.4, 0.5) is 13.2 Å². The van der Waals surface area contributed by atoms with Crippen molar-refractivity contribution < 1.29 is 17.9 Å². The lowest BCUT2D eigenvalue weighted by atomic mass is 9.85. The van der Waals surface area contributed by atoms with Gasteiger partial charge in [0, 0.05) is 23.6 Å². The second kappa shape index (κ2) is 4.04. The van der Waals surface area contributed by atoms with Gasteiger partial charge in [-0.25, -0.2) is 4.39 Å². The highest BCUT2D eigenvalue weighted by Crippen LogP contribution is 2.47. The van der Waals surface area contributed by atoms with Crippen LogP contribution in [-0.4, -0.2) is 13.2 Å². The van der Waals surface area contributed by atoms with Gasteiger partial charge in [-0.1, -0.05) is 22.0 Å². The molecule has 0 radical (unpaired) electrons. The molecule has 1 nitrogen and oxygen atoms in total. The van der Waals surface area contributed by atoms with E-state index in [1.54, 1.807) is 0 Å². The Bertz CT molecular complexity index is 408. The third-order valence-electron chi connectivity index (χ3n) is 2.82. The Morgan fingerprint density at radius 3 is 2.75 bits per heavy atom. The molecule has 2 unspecified atom stereocenters. The van der Waals surface area contributed by atoms with Crippen LogP contribution in [0.1, 0.15) is 23.7 Å². The zero-order valence-electron chi connectivity index (χ0n) is 8.51. The predicted molar refractivity (Wildman–Crippen MR) is 57.3 cm³/mol. The van der Waals surface area contributed by atoms with E-state index in [2.05, 4.69) is 20.7 Å². The first-order valence-electron chi connectivity index (χ1n) is 4.81. The molecule has 1 aromatic carbocycles. The number of hydrogen-bond donors (Lipinski definition) is 0. The smallest absolute Gasteiger partial charge is 0.299 e. The monoisotopic (exact) mass is 294 g/mol. The lowest BCUT2D eigenvalue weighted by Gasteiger charge is -2.34. The molecule has 88 valence electrons. The first kappa shape index (κ1) is 11.9. The van der Waals surface area contributed by atoms with Crippen LogP contribution in [-0.2, 0) is 10.7 Å². The quantitative estimate of drug-likeness (QED) is 0.761. The van der Waals surface area contributed by atoms with Crippen LogP contribution in [0.15, 0.2) is 22.7 Å². The molecule has 0 spiro atoms. The van der Waals surface area contributed by atoms with Crippen LogP contribution in [0.2, 0.25) is 0 Å². The number of fused-ring (bicyclic) bond motifs is 1. The minimum atomic E-state index is -3.13. The third kappa shape index (κ3) is 1.76. The summed E-state index contributed by atoms with van der Waals surface area (Å²) in [7, 11) is 1.18.